The molecule has 0 bridgehead atoms. The minimum absolute atomic E-state index is 0.108. The van der Waals surface area contributed by atoms with E-state index in [2.05, 4.69) is 4.98 Å². The Kier molecular flexibility index (Phi) is 2.87. The monoisotopic (exact) mass is 200 g/mol. The smallest absolute Gasteiger partial charge is 0.355 e. The number of carbonyl (C=O) groups is 1. The molecule has 0 aliphatic rings. The molecule has 0 fully saturated rings. The maximum atomic E-state index is 10.7. The van der Waals surface area contributed by atoms with Crippen LogP contribution in [0, 0.1) is 5.92 Å². The number of carboxylic acid groups (broad SMARTS) is 1. The van der Waals surface area contributed by atoms with Gasteiger partial charge in [-0.2, -0.15) is 0 Å². The molecule has 1 aromatic heterocycles. The number of nitrogens with two attached hydrogens (primary N) is 1. The van der Waals surface area contributed by atoms with Crippen LogP contribution in [0.25, 0.3) is 0 Å². The van der Waals surface area contributed by atoms with Gasteiger partial charge in [-0.05, 0) is 12.3 Å². The molecular formula is C8H12N2O2S. The van der Waals surface area contributed by atoms with Crippen molar-refractivity contribution in [2.45, 2.75) is 20.3 Å². The number of aromatic carboxylic acids is 1. The Labute approximate surface area is 80.4 Å². The van der Waals surface area contributed by atoms with Crippen molar-refractivity contribution in [3.63, 3.8) is 0 Å². The molecule has 0 aliphatic carbocycles. The van der Waals surface area contributed by atoms with E-state index in [0.29, 0.717) is 11.0 Å². The molecule has 0 unspecified atom stereocenters. The predicted molar refractivity (Wildman–Crippen MR) is 52.0 cm³/mol. The van der Waals surface area contributed by atoms with Crippen LogP contribution in [0.2, 0.25) is 0 Å². The van der Waals surface area contributed by atoms with E-state index >= 15 is 0 Å². The summed E-state index contributed by atoms with van der Waals surface area (Å²) < 4.78 is 0. The number of carboxylic acids is 1. The van der Waals surface area contributed by atoms with Crippen LogP contribution in [0.3, 0.4) is 0 Å². The summed E-state index contributed by atoms with van der Waals surface area (Å²) in [5.74, 6) is -0.582. The van der Waals surface area contributed by atoms with Crippen molar-refractivity contribution in [2.75, 3.05) is 5.73 Å². The van der Waals surface area contributed by atoms with Crippen molar-refractivity contribution < 1.29 is 9.90 Å². The van der Waals surface area contributed by atoms with Gasteiger partial charge in [-0.3, -0.25) is 0 Å². The summed E-state index contributed by atoms with van der Waals surface area (Å²) in [6, 6.07) is 0. The predicted octanol–water partition coefficient (Wildman–Crippen LogP) is 1.62. The summed E-state index contributed by atoms with van der Waals surface area (Å²) in [4.78, 5) is 15.2. The Morgan fingerprint density at radius 2 is 2.31 bits per heavy atom. The zero-order valence-corrected chi connectivity index (χ0v) is 8.39. The topological polar surface area (TPSA) is 76.2 Å². The Bertz CT molecular complexity index is 320. The zero-order valence-electron chi connectivity index (χ0n) is 7.57. The molecular weight excluding hydrogens is 188 g/mol. The minimum Gasteiger partial charge on any atom is -0.476 e. The summed E-state index contributed by atoms with van der Waals surface area (Å²) in [7, 11) is 0. The molecule has 1 aromatic rings. The number of hydrogen-bond donors (Lipinski definition) is 2. The number of rotatable bonds is 3. The molecule has 0 atom stereocenters. The van der Waals surface area contributed by atoms with Gasteiger partial charge in [0, 0.05) is 4.88 Å². The average molecular weight is 200 g/mol. The number of anilines is 1. The lowest BCUT2D eigenvalue weighted by molar-refractivity contribution is 0.0690. The summed E-state index contributed by atoms with van der Waals surface area (Å²) in [6.45, 7) is 4.06. The van der Waals surface area contributed by atoms with E-state index in [4.69, 9.17) is 10.8 Å². The fraction of sp³-hybridized carbons (Fsp3) is 0.500. The summed E-state index contributed by atoms with van der Waals surface area (Å²) in [5.41, 5.74) is 5.54. The second kappa shape index (κ2) is 3.74. The minimum atomic E-state index is -0.997. The number of nitrogens with zero attached hydrogens (tertiary/aromatic N) is 1. The van der Waals surface area contributed by atoms with Gasteiger partial charge in [0.25, 0.3) is 0 Å². The van der Waals surface area contributed by atoms with E-state index in [1.807, 2.05) is 13.8 Å². The average Bonchev–Trinajstić information content (AvgIpc) is 2.29. The zero-order chi connectivity index (χ0) is 10.0. The van der Waals surface area contributed by atoms with Crippen LogP contribution < -0.4 is 5.73 Å². The maximum absolute atomic E-state index is 10.7. The summed E-state index contributed by atoms with van der Waals surface area (Å²) in [5, 5.41) is 9.11. The molecule has 1 rings (SSSR count). The van der Waals surface area contributed by atoms with Gasteiger partial charge in [0.05, 0.1) is 0 Å². The van der Waals surface area contributed by atoms with Crippen molar-refractivity contribution in [3.8, 4) is 0 Å². The first kappa shape index (κ1) is 9.98. The molecule has 72 valence electrons. The van der Waals surface area contributed by atoms with Crippen molar-refractivity contribution in [1.82, 2.24) is 4.98 Å². The molecule has 0 amide bonds. The van der Waals surface area contributed by atoms with E-state index in [1.165, 1.54) is 11.3 Å². The molecule has 0 radical (unpaired) electrons. The Balaban J connectivity index is 2.97. The molecule has 0 spiro atoms. The van der Waals surface area contributed by atoms with Gasteiger partial charge >= 0.3 is 5.97 Å². The fourth-order valence-electron chi connectivity index (χ4n) is 1.05. The van der Waals surface area contributed by atoms with Gasteiger partial charge in [0.1, 0.15) is 0 Å². The first-order valence-corrected chi connectivity index (χ1v) is 4.80. The first-order chi connectivity index (χ1) is 6.00. The third kappa shape index (κ3) is 2.42. The van der Waals surface area contributed by atoms with E-state index < -0.39 is 5.97 Å². The van der Waals surface area contributed by atoms with Gasteiger partial charge in [0.2, 0.25) is 0 Å². The highest BCUT2D eigenvalue weighted by atomic mass is 32.1. The van der Waals surface area contributed by atoms with Crippen LogP contribution in [-0.4, -0.2) is 16.1 Å². The van der Waals surface area contributed by atoms with E-state index in [9.17, 15) is 4.79 Å². The Morgan fingerprint density at radius 1 is 1.69 bits per heavy atom. The van der Waals surface area contributed by atoms with Crippen LogP contribution in [0.4, 0.5) is 5.13 Å². The lowest BCUT2D eigenvalue weighted by Gasteiger charge is -2.01. The maximum Gasteiger partial charge on any atom is 0.355 e. The third-order valence-electron chi connectivity index (χ3n) is 1.51. The van der Waals surface area contributed by atoms with Gasteiger partial charge in [-0.15, -0.1) is 11.3 Å². The molecule has 4 nitrogen and oxygen atoms in total. The summed E-state index contributed by atoms with van der Waals surface area (Å²) in [6.07, 6.45) is 0.719. The van der Waals surface area contributed by atoms with E-state index in [0.717, 1.165) is 11.3 Å². The number of thiazole rings is 1. The molecule has 0 saturated heterocycles. The molecule has 5 heteroatoms. The Hall–Kier alpha value is -1.10. The molecule has 3 N–H and O–H groups in total. The highest BCUT2D eigenvalue weighted by Gasteiger charge is 2.16. The number of aromatic nitrogens is 1. The van der Waals surface area contributed by atoms with E-state index in [1.54, 1.807) is 0 Å². The van der Waals surface area contributed by atoms with Crippen LogP contribution >= 0.6 is 11.3 Å². The van der Waals surface area contributed by atoms with Crippen molar-refractivity contribution in [3.05, 3.63) is 10.6 Å². The normalized spacial score (nSPS) is 10.7. The number of nitrogen functional groups attached to an aromatic ring is 1. The molecule has 0 aliphatic heterocycles. The van der Waals surface area contributed by atoms with Gasteiger partial charge < -0.3 is 10.8 Å². The standard InChI is InChI=1S/C8H12N2O2S/c1-4(2)3-5-6(7(11)12)10-8(9)13-5/h4H,3H2,1-2H3,(H2,9,10)(H,11,12). The van der Waals surface area contributed by atoms with E-state index in [-0.39, 0.29) is 5.69 Å². The lowest BCUT2D eigenvalue weighted by atomic mass is 10.1. The van der Waals surface area contributed by atoms with Crippen molar-refractivity contribution >= 4 is 22.4 Å². The SMILES string of the molecule is CC(C)Cc1sc(N)nc1C(=O)O. The van der Waals surface area contributed by atoms with Crippen LogP contribution in [0.15, 0.2) is 0 Å². The quantitative estimate of drug-likeness (QED) is 0.777. The van der Waals surface area contributed by atoms with Gasteiger partial charge in [0.15, 0.2) is 10.8 Å². The molecule has 0 aromatic carbocycles. The van der Waals surface area contributed by atoms with Crippen LogP contribution in [0.5, 0.6) is 0 Å². The van der Waals surface area contributed by atoms with Crippen LogP contribution in [0.1, 0.15) is 29.2 Å². The summed E-state index contributed by atoms with van der Waals surface area (Å²) >= 11 is 1.26. The van der Waals surface area contributed by atoms with Crippen molar-refractivity contribution in [2.24, 2.45) is 5.92 Å². The fourth-order valence-corrected chi connectivity index (χ4v) is 2.08. The molecule has 1 heterocycles. The first-order valence-electron chi connectivity index (χ1n) is 3.99. The molecule has 13 heavy (non-hydrogen) atoms. The molecule has 0 saturated carbocycles. The highest BCUT2D eigenvalue weighted by molar-refractivity contribution is 7.15. The lowest BCUT2D eigenvalue weighted by Crippen LogP contribution is -2.03. The van der Waals surface area contributed by atoms with Crippen LogP contribution in [-0.2, 0) is 6.42 Å². The number of hydrogen-bond acceptors (Lipinski definition) is 4. The highest BCUT2D eigenvalue weighted by Crippen LogP contribution is 2.23. The van der Waals surface area contributed by atoms with Gasteiger partial charge in [-0.1, -0.05) is 13.8 Å². The van der Waals surface area contributed by atoms with Gasteiger partial charge in [-0.25, -0.2) is 9.78 Å². The van der Waals surface area contributed by atoms with Crippen molar-refractivity contribution in [1.29, 1.82) is 0 Å². The largest absolute Gasteiger partial charge is 0.476 e. The third-order valence-corrected chi connectivity index (χ3v) is 2.42. The second-order valence-electron chi connectivity index (χ2n) is 3.23. The second-order valence-corrected chi connectivity index (χ2v) is 4.34. The Morgan fingerprint density at radius 3 is 2.77 bits per heavy atom.